The summed E-state index contributed by atoms with van der Waals surface area (Å²) in [5, 5.41) is 9.61. The van der Waals surface area contributed by atoms with Crippen molar-refractivity contribution < 1.29 is 14.6 Å². The molecule has 1 N–H and O–H groups in total. The molecule has 0 aliphatic carbocycles. The lowest BCUT2D eigenvalue weighted by atomic mass is 10.1. The van der Waals surface area contributed by atoms with E-state index in [2.05, 4.69) is 0 Å². The number of nitrogens with zero attached hydrogens (tertiary/aromatic N) is 2. The van der Waals surface area contributed by atoms with Crippen LogP contribution in [-0.4, -0.2) is 54.6 Å². The highest BCUT2D eigenvalue weighted by Crippen LogP contribution is 2.22. The summed E-state index contributed by atoms with van der Waals surface area (Å²) in [4.78, 5) is 16.1. The van der Waals surface area contributed by atoms with E-state index in [0.29, 0.717) is 19.7 Å². The first-order valence-electron chi connectivity index (χ1n) is 8.88. The highest BCUT2D eigenvalue weighted by molar-refractivity contribution is 5.78. The molecule has 0 saturated carbocycles. The van der Waals surface area contributed by atoms with Gasteiger partial charge in [0.05, 0.1) is 13.2 Å². The van der Waals surface area contributed by atoms with Crippen molar-refractivity contribution in [1.82, 2.24) is 9.80 Å². The lowest BCUT2D eigenvalue weighted by Gasteiger charge is -2.27. The highest BCUT2D eigenvalue weighted by atomic mass is 16.5. The van der Waals surface area contributed by atoms with E-state index in [1.165, 1.54) is 0 Å². The highest BCUT2D eigenvalue weighted by Gasteiger charge is 2.17. The molecule has 0 aromatic heterocycles. The summed E-state index contributed by atoms with van der Waals surface area (Å²) < 4.78 is 5.65. The maximum atomic E-state index is 12.4. The molecule has 0 bridgehead atoms. The predicted octanol–water partition coefficient (Wildman–Crippen LogP) is 3.31. The van der Waals surface area contributed by atoms with E-state index in [1.54, 1.807) is 17.0 Å². The molecule has 0 saturated heterocycles. The second-order valence-corrected chi connectivity index (χ2v) is 6.52. The maximum absolute atomic E-state index is 12.4. The summed E-state index contributed by atoms with van der Waals surface area (Å²) in [6.07, 6.45) is 0.781. The number of ether oxygens (including phenoxy) is 1. The van der Waals surface area contributed by atoms with Crippen molar-refractivity contribution in [2.45, 2.75) is 19.4 Å². The Morgan fingerprint density at radius 1 is 1.12 bits per heavy atom. The zero-order valence-electron chi connectivity index (χ0n) is 15.8. The fourth-order valence-electron chi connectivity index (χ4n) is 2.64. The van der Waals surface area contributed by atoms with Crippen LogP contribution in [0.3, 0.4) is 0 Å². The van der Waals surface area contributed by atoms with Crippen LogP contribution in [0.1, 0.15) is 24.9 Å². The van der Waals surface area contributed by atoms with E-state index in [9.17, 15) is 9.90 Å². The number of carbonyl (C=O) groups is 1. The van der Waals surface area contributed by atoms with Gasteiger partial charge < -0.3 is 14.7 Å². The van der Waals surface area contributed by atoms with E-state index in [-0.39, 0.29) is 17.7 Å². The van der Waals surface area contributed by atoms with Crippen molar-refractivity contribution >= 4 is 5.91 Å². The van der Waals surface area contributed by atoms with Crippen LogP contribution >= 0.6 is 0 Å². The summed E-state index contributed by atoms with van der Waals surface area (Å²) in [5.41, 5.74) is 0.985. The third-order valence-electron chi connectivity index (χ3n) is 4.47. The van der Waals surface area contributed by atoms with Crippen molar-refractivity contribution in [3.63, 3.8) is 0 Å². The van der Waals surface area contributed by atoms with Gasteiger partial charge in [0.15, 0.2) is 0 Å². The van der Waals surface area contributed by atoms with Crippen LogP contribution in [0.4, 0.5) is 0 Å². The Morgan fingerprint density at radius 2 is 1.85 bits per heavy atom. The Hall–Kier alpha value is -2.53. The van der Waals surface area contributed by atoms with Crippen molar-refractivity contribution in [2.75, 3.05) is 33.8 Å². The van der Waals surface area contributed by atoms with E-state index in [4.69, 9.17) is 4.74 Å². The van der Waals surface area contributed by atoms with Gasteiger partial charge in [-0.05, 0) is 50.2 Å². The minimum atomic E-state index is 0.0425. The zero-order chi connectivity index (χ0) is 18.9. The molecular formula is C21H28N2O3. The maximum Gasteiger partial charge on any atom is 0.236 e. The quantitative estimate of drug-likeness (QED) is 0.701. The monoisotopic (exact) mass is 356 g/mol. The number of hydrogen-bond acceptors (Lipinski definition) is 4. The molecule has 0 aliphatic heterocycles. The number of phenolic OH excluding ortho intramolecular Hbond substituents is 1. The number of para-hydroxylation sites is 1. The molecule has 1 atom stereocenters. The third-order valence-corrected chi connectivity index (χ3v) is 4.47. The van der Waals surface area contributed by atoms with Crippen LogP contribution in [0, 0.1) is 0 Å². The smallest absolute Gasteiger partial charge is 0.236 e. The van der Waals surface area contributed by atoms with Crippen LogP contribution in [0.25, 0.3) is 0 Å². The average molecular weight is 356 g/mol. The van der Waals surface area contributed by atoms with Crippen molar-refractivity contribution in [3.8, 4) is 11.5 Å². The SMILES string of the molecule is CC(c1cccc(O)c1)N(C)CC(=O)N(C)CCCOc1ccccc1. The number of likely N-dealkylation sites (N-methyl/N-ethyl adjacent to an activating group) is 2. The Labute approximate surface area is 155 Å². The molecule has 0 fully saturated rings. The van der Waals surface area contributed by atoms with Gasteiger partial charge in [0, 0.05) is 19.6 Å². The van der Waals surface area contributed by atoms with Gasteiger partial charge in [0.1, 0.15) is 11.5 Å². The predicted molar refractivity (Wildman–Crippen MR) is 103 cm³/mol. The van der Waals surface area contributed by atoms with E-state index in [1.807, 2.05) is 68.4 Å². The van der Waals surface area contributed by atoms with Crippen LogP contribution in [-0.2, 0) is 4.79 Å². The summed E-state index contributed by atoms with van der Waals surface area (Å²) in [5.74, 6) is 1.16. The van der Waals surface area contributed by atoms with Gasteiger partial charge in [-0.1, -0.05) is 30.3 Å². The molecule has 5 nitrogen and oxygen atoms in total. The third kappa shape index (κ3) is 6.08. The van der Waals surface area contributed by atoms with Gasteiger partial charge in [-0.3, -0.25) is 9.69 Å². The Kier molecular flexibility index (Phi) is 7.48. The zero-order valence-corrected chi connectivity index (χ0v) is 15.8. The van der Waals surface area contributed by atoms with Gasteiger partial charge in [-0.25, -0.2) is 0 Å². The minimum Gasteiger partial charge on any atom is -0.508 e. The fraction of sp³-hybridized carbons (Fsp3) is 0.381. The van der Waals surface area contributed by atoms with Crippen molar-refractivity contribution in [2.24, 2.45) is 0 Å². The van der Waals surface area contributed by atoms with Crippen LogP contribution in [0.15, 0.2) is 54.6 Å². The Bertz CT molecular complexity index is 691. The molecule has 140 valence electrons. The second-order valence-electron chi connectivity index (χ2n) is 6.52. The number of hydrogen-bond donors (Lipinski definition) is 1. The molecule has 0 aliphatic rings. The molecule has 0 heterocycles. The lowest BCUT2D eigenvalue weighted by Crippen LogP contribution is -2.38. The number of carbonyl (C=O) groups excluding carboxylic acids is 1. The number of aromatic hydroxyl groups is 1. The standard InChI is InChI=1S/C21H28N2O3/c1-17(18-9-7-10-19(24)15-18)23(3)16-21(25)22(2)13-8-14-26-20-11-5-4-6-12-20/h4-7,9-12,15,17,24H,8,13-14,16H2,1-3H3. The first-order chi connectivity index (χ1) is 12.5. The molecule has 0 spiro atoms. The fourth-order valence-corrected chi connectivity index (χ4v) is 2.64. The van der Waals surface area contributed by atoms with Gasteiger partial charge >= 0.3 is 0 Å². The van der Waals surface area contributed by atoms with Crippen molar-refractivity contribution in [1.29, 1.82) is 0 Å². The van der Waals surface area contributed by atoms with Crippen LogP contribution < -0.4 is 4.74 Å². The summed E-state index contributed by atoms with van der Waals surface area (Å²) >= 11 is 0. The van der Waals surface area contributed by atoms with Gasteiger partial charge in [0.25, 0.3) is 0 Å². The number of amides is 1. The molecule has 2 aromatic carbocycles. The molecule has 2 rings (SSSR count). The average Bonchev–Trinajstić information content (AvgIpc) is 2.65. The Morgan fingerprint density at radius 3 is 2.54 bits per heavy atom. The summed E-state index contributed by atoms with van der Waals surface area (Å²) in [7, 11) is 3.73. The van der Waals surface area contributed by atoms with E-state index in [0.717, 1.165) is 17.7 Å². The van der Waals surface area contributed by atoms with Crippen LogP contribution in [0.2, 0.25) is 0 Å². The molecule has 1 amide bonds. The number of phenols is 1. The van der Waals surface area contributed by atoms with Crippen molar-refractivity contribution in [3.05, 3.63) is 60.2 Å². The minimum absolute atomic E-state index is 0.0425. The topological polar surface area (TPSA) is 53.0 Å². The van der Waals surface area contributed by atoms with Crippen LogP contribution in [0.5, 0.6) is 11.5 Å². The van der Waals surface area contributed by atoms with Gasteiger partial charge in [-0.15, -0.1) is 0 Å². The summed E-state index contributed by atoms with van der Waals surface area (Å²) in [6, 6.07) is 16.9. The van der Waals surface area contributed by atoms with Gasteiger partial charge in [0.2, 0.25) is 5.91 Å². The Balaban J connectivity index is 1.73. The van der Waals surface area contributed by atoms with E-state index >= 15 is 0 Å². The first-order valence-corrected chi connectivity index (χ1v) is 8.88. The molecular weight excluding hydrogens is 328 g/mol. The molecule has 2 aromatic rings. The van der Waals surface area contributed by atoms with Gasteiger partial charge in [-0.2, -0.15) is 0 Å². The molecule has 1 unspecified atom stereocenters. The molecule has 5 heteroatoms. The number of benzene rings is 2. The number of rotatable bonds is 9. The first kappa shape index (κ1) is 19.8. The lowest BCUT2D eigenvalue weighted by molar-refractivity contribution is -0.131. The molecule has 26 heavy (non-hydrogen) atoms. The summed E-state index contributed by atoms with van der Waals surface area (Å²) in [6.45, 7) is 3.58. The second kappa shape index (κ2) is 9.82. The molecule has 0 radical (unpaired) electrons. The largest absolute Gasteiger partial charge is 0.508 e. The van der Waals surface area contributed by atoms with E-state index < -0.39 is 0 Å². The normalized spacial score (nSPS) is 12.0.